The molecule has 1 aliphatic heterocycles. The van der Waals surface area contributed by atoms with E-state index in [9.17, 15) is 5.11 Å². The molecule has 0 unspecified atom stereocenters. The molecule has 0 amide bonds. The molecule has 0 aliphatic carbocycles. The molecule has 1 heterocycles. The Morgan fingerprint density at radius 1 is 1.50 bits per heavy atom. The van der Waals surface area contributed by atoms with Crippen molar-refractivity contribution >= 4 is 0 Å². The lowest BCUT2D eigenvalue weighted by Crippen LogP contribution is -2.15. The molecular formula is C9H11NO2. The molecule has 3 heteroatoms. The predicted octanol–water partition coefficient (Wildman–Crippen LogP) is 0.529. The summed E-state index contributed by atoms with van der Waals surface area (Å²) < 4.78 is 0. The van der Waals surface area contributed by atoms with Crippen molar-refractivity contribution in [2.45, 2.75) is 12.6 Å². The van der Waals surface area contributed by atoms with Gasteiger partial charge in [-0.3, -0.25) is 0 Å². The maximum absolute atomic E-state index is 9.42. The van der Waals surface area contributed by atoms with E-state index in [2.05, 4.69) is 5.32 Å². The van der Waals surface area contributed by atoms with Crippen molar-refractivity contribution in [3.05, 3.63) is 29.3 Å². The zero-order valence-electron chi connectivity index (χ0n) is 6.62. The van der Waals surface area contributed by atoms with Crippen molar-refractivity contribution in [1.29, 1.82) is 0 Å². The van der Waals surface area contributed by atoms with Crippen LogP contribution in [0.5, 0.6) is 5.75 Å². The standard InChI is InChI=1S/C9H11NO2/c11-5-8-6-2-1-3-9(12)7(6)4-10-8/h1-3,8,10-12H,4-5H2/t8-/m0/s1. The minimum Gasteiger partial charge on any atom is -0.508 e. The molecular weight excluding hydrogens is 154 g/mol. The summed E-state index contributed by atoms with van der Waals surface area (Å²) in [6, 6.07) is 5.38. The van der Waals surface area contributed by atoms with Crippen LogP contribution in [0.15, 0.2) is 18.2 Å². The number of fused-ring (bicyclic) bond motifs is 1. The van der Waals surface area contributed by atoms with Crippen LogP contribution in [-0.4, -0.2) is 16.8 Å². The van der Waals surface area contributed by atoms with Gasteiger partial charge in [-0.1, -0.05) is 12.1 Å². The van der Waals surface area contributed by atoms with E-state index in [1.54, 1.807) is 12.1 Å². The van der Waals surface area contributed by atoms with Crippen molar-refractivity contribution in [2.24, 2.45) is 0 Å². The number of nitrogens with one attached hydrogen (secondary N) is 1. The Balaban J connectivity index is 2.46. The molecule has 1 aliphatic rings. The van der Waals surface area contributed by atoms with Crippen molar-refractivity contribution in [1.82, 2.24) is 5.32 Å². The number of aliphatic hydroxyl groups excluding tert-OH is 1. The second kappa shape index (κ2) is 2.77. The van der Waals surface area contributed by atoms with Gasteiger partial charge in [0.1, 0.15) is 5.75 Å². The zero-order valence-corrected chi connectivity index (χ0v) is 6.62. The lowest BCUT2D eigenvalue weighted by molar-refractivity contribution is 0.251. The van der Waals surface area contributed by atoms with Crippen LogP contribution < -0.4 is 5.32 Å². The summed E-state index contributed by atoms with van der Waals surface area (Å²) in [7, 11) is 0. The molecule has 1 aromatic rings. The number of aliphatic hydroxyl groups is 1. The Morgan fingerprint density at radius 2 is 2.33 bits per heavy atom. The first-order valence-corrected chi connectivity index (χ1v) is 3.98. The van der Waals surface area contributed by atoms with E-state index in [0.717, 1.165) is 11.1 Å². The van der Waals surface area contributed by atoms with Crippen LogP contribution in [0, 0.1) is 0 Å². The third-order valence-corrected chi connectivity index (χ3v) is 2.27. The first-order chi connectivity index (χ1) is 5.83. The lowest BCUT2D eigenvalue weighted by Gasteiger charge is -2.06. The van der Waals surface area contributed by atoms with E-state index in [4.69, 9.17) is 5.11 Å². The topological polar surface area (TPSA) is 52.5 Å². The second-order valence-corrected chi connectivity index (χ2v) is 2.96. The average Bonchev–Trinajstić information content (AvgIpc) is 2.49. The maximum Gasteiger partial charge on any atom is 0.120 e. The molecule has 0 fully saturated rings. The highest BCUT2D eigenvalue weighted by Gasteiger charge is 2.22. The van der Waals surface area contributed by atoms with Crippen LogP contribution in [0.25, 0.3) is 0 Å². The highest BCUT2D eigenvalue weighted by molar-refractivity contribution is 5.43. The zero-order chi connectivity index (χ0) is 8.55. The fourth-order valence-corrected chi connectivity index (χ4v) is 1.61. The molecule has 0 saturated carbocycles. The van der Waals surface area contributed by atoms with E-state index in [-0.39, 0.29) is 12.6 Å². The minimum absolute atomic E-state index is 0.00731. The van der Waals surface area contributed by atoms with Crippen LogP contribution >= 0.6 is 0 Å². The number of phenols is 1. The summed E-state index contributed by atoms with van der Waals surface area (Å²) in [5, 5.41) is 21.5. The van der Waals surface area contributed by atoms with E-state index in [1.165, 1.54) is 0 Å². The molecule has 3 N–H and O–H groups in total. The molecule has 0 aromatic heterocycles. The summed E-state index contributed by atoms with van der Waals surface area (Å²) >= 11 is 0. The second-order valence-electron chi connectivity index (χ2n) is 2.96. The number of hydrogen-bond donors (Lipinski definition) is 3. The number of aromatic hydroxyl groups is 1. The van der Waals surface area contributed by atoms with E-state index >= 15 is 0 Å². The van der Waals surface area contributed by atoms with Gasteiger partial charge >= 0.3 is 0 Å². The SMILES string of the molecule is OC[C@@H]1NCc2c(O)cccc21. The van der Waals surface area contributed by atoms with Crippen LogP contribution in [0.3, 0.4) is 0 Å². The van der Waals surface area contributed by atoms with E-state index in [0.29, 0.717) is 12.3 Å². The molecule has 1 atom stereocenters. The first kappa shape index (κ1) is 7.58. The van der Waals surface area contributed by atoms with Gasteiger partial charge in [0.2, 0.25) is 0 Å². The number of rotatable bonds is 1. The maximum atomic E-state index is 9.42. The Kier molecular flexibility index (Phi) is 1.75. The van der Waals surface area contributed by atoms with Crippen molar-refractivity contribution in [3.63, 3.8) is 0 Å². The average molecular weight is 165 g/mol. The van der Waals surface area contributed by atoms with Gasteiger partial charge in [-0.25, -0.2) is 0 Å². The van der Waals surface area contributed by atoms with Gasteiger partial charge in [-0.15, -0.1) is 0 Å². The fourth-order valence-electron chi connectivity index (χ4n) is 1.61. The Labute approximate surface area is 70.7 Å². The molecule has 64 valence electrons. The Hall–Kier alpha value is -1.06. The Bertz CT molecular complexity index is 299. The molecule has 2 rings (SSSR count). The summed E-state index contributed by atoms with van der Waals surface area (Å²) in [4.78, 5) is 0. The van der Waals surface area contributed by atoms with Crippen molar-refractivity contribution in [3.8, 4) is 5.75 Å². The van der Waals surface area contributed by atoms with Gasteiger partial charge in [-0.2, -0.15) is 0 Å². The molecule has 0 radical (unpaired) electrons. The summed E-state index contributed by atoms with van der Waals surface area (Å²) in [5.41, 5.74) is 1.93. The van der Waals surface area contributed by atoms with Crippen molar-refractivity contribution in [2.75, 3.05) is 6.61 Å². The quantitative estimate of drug-likeness (QED) is 0.569. The fraction of sp³-hybridized carbons (Fsp3) is 0.333. The minimum atomic E-state index is -0.00731. The van der Waals surface area contributed by atoms with Crippen LogP contribution in [-0.2, 0) is 6.54 Å². The van der Waals surface area contributed by atoms with Gasteiger partial charge in [0.25, 0.3) is 0 Å². The van der Waals surface area contributed by atoms with Gasteiger partial charge < -0.3 is 15.5 Å². The Morgan fingerprint density at radius 3 is 3.08 bits per heavy atom. The number of benzene rings is 1. The third-order valence-electron chi connectivity index (χ3n) is 2.27. The van der Waals surface area contributed by atoms with Crippen LogP contribution in [0.1, 0.15) is 17.2 Å². The van der Waals surface area contributed by atoms with Gasteiger partial charge in [0.15, 0.2) is 0 Å². The summed E-state index contributed by atoms with van der Waals surface area (Å²) in [5.74, 6) is 0.316. The first-order valence-electron chi connectivity index (χ1n) is 3.98. The van der Waals surface area contributed by atoms with Crippen molar-refractivity contribution < 1.29 is 10.2 Å². The molecule has 0 bridgehead atoms. The normalized spacial score (nSPS) is 20.9. The number of hydrogen-bond acceptors (Lipinski definition) is 3. The highest BCUT2D eigenvalue weighted by Crippen LogP contribution is 2.30. The highest BCUT2D eigenvalue weighted by atomic mass is 16.3. The molecule has 12 heavy (non-hydrogen) atoms. The van der Waals surface area contributed by atoms with Gasteiger partial charge in [0, 0.05) is 12.1 Å². The largest absolute Gasteiger partial charge is 0.508 e. The van der Waals surface area contributed by atoms with E-state index < -0.39 is 0 Å². The summed E-state index contributed by atoms with van der Waals surface area (Å²) in [6.07, 6.45) is 0. The van der Waals surface area contributed by atoms with Crippen LogP contribution in [0.2, 0.25) is 0 Å². The molecule has 0 spiro atoms. The lowest BCUT2D eigenvalue weighted by atomic mass is 10.1. The molecule has 0 saturated heterocycles. The summed E-state index contributed by atoms with van der Waals surface area (Å²) in [6.45, 7) is 0.726. The smallest absolute Gasteiger partial charge is 0.120 e. The van der Waals surface area contributed by atoms with Gasteiger partial charge in [0.05, 0.1) is 12.6 Å². The predicted molar refractivity (Wildman–Crippen MR) is 44.8 cm³/mol. The third kappa shape index (κ3) is 0.983. The monoisotopic (exact) mass is 165 g/mol. The number of phenolic OH excluding ortho intramolecular Hbond substituents is 1. The molecule has 1 aromatic carbocycles. The van der Waals surface area contributed by atoms with E-state index in [1.807, 2.05) is 6.07 Å². The van der Waals surface area contributed by atoms with Gasteiger partial charge in [-0.05, 0) is 11.6 Å². The molecule has 3 nitrogen and oxygen atoms in total. The van der Waals surface area contributed by atoms with Crippen LogP contribution in [0.4, 0.5) is 0 Å².